The molecule has 1 rings (SSSR count). The van der Waals surface area contributed by atoms with Gasteiger partial charge in [-0.15, -0.1) is 0 Å². The number of sulfone groups is 1. The summed E-state index contributed by atoms with van der Waals surface area (Å²) >= 11 is 0. The van der Waals surface area contributed by atoms with Gasteiger partial charge in [0.05, 0.1) is 0 Å². The van der Waals surface area contributed by atoms with E-state index in [1.807, 2.05) is 0 Å². The standard InChI is InChI=1S/C9H13N3O3S.ClH/c10-8-1-3-12(4-2-8)5-6-16(14,15)7-9(11)13;/h1-4,10H,5-7H2,(H2,11,13);1H. The number of primary amides is 1. The van der Waals surface area contributed by atoms with Crippen molar-refractivity contribution in [3.8, 4) is 0 Å². The number of hydrogen-bond acceptors (Lipinski definition) is 4. The fourth-order valence-electron chi connectivity index (χ4n) is 1.15. The molecule has 0 spiro atoms. The highest BCUT2D eigenvalue weighted by Crippen LogP contribution is 1.94. The van der Waals surface area contributed by atoms with Crippen LogP contribution >= 0.6 is 0 Å². The molecule has 0 fully saturated rings. The second-order valence-corrected chi connectivity index (χ2v) is 5.61. The van der Waals surface area contributed by atoms with Crippen LogP contribution in [0.3, 0.4) is 0 Å². The van der Waals surface area contributed by atoms with E-state index in [2.05, 4.69) is 0 Å². The Labute approximate surface area is 106 Å². The van der Waals surface area contributed by atoms with Crippen LogP contribution in [-0.4, -0.2) is 25.8 Å². The van der Waals surface area contributed by atoms with Crippen molar-refractivity contribution in [2.24, 2.45) is 5.73 Å². The predicted molar refractivity (Wildman–Crippen MR) is 58.9 cm³/mol. The summed E-state index contributed by atoms with van der Waals surface area (Å²) in [4.78, 5) is 10.5. The number of halogens is 1. The zero-order chi connectivity index (χ0) is 12.2. The summed E-state index contributed by atoms with van der Waals surface area (Å²) in [5.74, 6) is -1.56. The second kappa shape index (κ2) is 6.41. The van der Waals surface area contributed by atoms with Gasteiger partial charge in [0.1, 0.15) is 11.5 Å². The van der Waals surface area contributed by atoms with Gasteiger partial charge < -0.3 is 23.9 Å². The summed E-state index contributed by atoms with van der Waals surface area (Å²) in [6.45, 7) is 0.274. The van der Waals surface area contributed by atoms with Gasteiger partial charge in [0.2, 0.25) is 5.91 Å². The van der Waals surface area contributed by atoms with Crippen molar-refractivity contribution < 1.29 is 30.2 Å². The van der Waals surface area contributed by atoms with E-state index in [0.717, 1.165) is 0 Å². The van der Waals surface area contributed by atoms with Crippen molar-refractivity contribution in [1.29, 1.82) is 0 Å². The van der Waals surface area contributed by atoms with Crippen LogP contribution < -0.4 is 28.4 Å². The molecule has 0 unspecified atom stereocenters. The highest BCUT2D eigenvalue weighted by molar-refractivity contribution is 7.92. The van der Waals surface area contributed by atoms with Crippen LogP contribution in [0.25, 0.3) is 0 Å². The van der Waals surface area contributed by atoms with Crippen LogP contribution in [0.2, 0.25) is 0 Å². The van der Waals surface area contributed by atoms with E-state index in [-0.39, 0.29) is 24.7 Å². The molecule has 17 heavy (non-hydrogen) atoms. The molecular weight excluding hydrogens is 266 g/mol. The number of aromatic nitrogens is 1. The number of carbonyl (C=O) groups is 1. The topological polar surface area (TPSA) is 107 Å². The molecule has 1 aromatic rings. The highest BCUT2D eigenvalue weighted by atomic mass is 35.5. The molecule has 6 nitrogen and oxygen atoms in total. The lowest BCUT2D eigenvalue weighted by Gasteiger charge is -1.99. The summed E-state index contributed by atoms with van der Waals surface area (Å²) in [6, 6.07) is 3.33. The summed E-state index contributed by atoms with van der Waals surface area (Å²) < 4.78 is 24.4. The van der Waals surface area contributed by atoms with Crippen molar-refractivity contribution in [3.63, 3.8) is 0 Å². The van der Waals surface area contributed by atoms with E-state index in [1.54, 1.807) is 29.1 Å². The Bertz CT molecular complexity index is 473. The maximum absolute atomic E-state index is 11.3. The van der Waals surface area contributed by atoms with Crippen molar-refractivity contribution >= 4 is 21.4 Å². The third-order valence-electron chi connectivity index (χ3n) is 1.94. The van der Waals surface area contributed by atoms with Crippen LogP contribution in [0, 0.1) is 0 Å². The lowest BCUT2D eigenvalue weighted by molar-refractivity contribution is -0.692. The Kier molecular flexibility index (Phi) is 5.90. The molecule has 0 atom stereocenters. The fraction of sp³-hybridized carbons (Fsp3) is 0.333. The Morgan fingerprint density at radius 3 is 2.29 bits per heavy atom. The van der Waals surface area contributed by atoms with E-state index >= 15 is 0 Å². The normalized spacial score (nSPS) is 10.6. The van der Waals surface area contributed by atoms with Gasteiger partial charge >= 0.3 is 0 Å². The first-order chi connectivity index (χ1) is 7.39. The Morgan fingerprint density at radius 2 is 1.82 bits per heavy atom. The minimum absolute atomic E-state index is 0. The minimum Gasteiger partial charge on any atom is -1.00 e. The lowest BCUT2D eigenvalue weighted by Crippen LogP contribution is -3.00. The number of nitrogen functional groups attached to an aromatic ring is 1. The van der Waals surface area contributed by atoms with Crippen molar-refractivity contribution in [2.75, 3.05) is 17.2 Å². The summed E-state index contributed by atoms with van der Waals surface area (Å²) in [7, 11) is -3.42. The number of nitrogens with zero attached hydrogens (tertiary/aromatic N) is 1. The molecule has 96 valence electrons. The molecule has 0 bridgehead atoms. The minimum atomic E-state index is -3.42. The van der Waals surface area contributed by atoms with E-state index < -0.39 is 21.5 Å². The van der Waals surface area contributed by atoms with Crippen LogP contribution in [0.5, 0.6) is 0 Å². The number of aryl methyl sites for hydroxylation is 1. The first-order valence-corrected chi connectivity index (χ1v) is 6.44. The molecule has 0 aromatic carbocycles. The number of anilines is 1. The van der Waals surface area contributed by atoms with Crippen molar-refractivity contribution in [2.45, 2.75) is 6.54 Å². The van der Waals surface area contributed by atoms with Crippen LogP contribution in [0.15, 0.2) is 24.5 Å². The first-order valence-electron chi connectivity index (χ1n) is 4.62. The van der Waals surface area contributed by atoms with Gasteiger partial charge in [-0.05, 0) is 0 Å². The van der Waals surface area contributed by atoms with Crippen LogP contribution in [0.4, 0.5) is 5.69 Å². The smallest absolute Gasteiger partial charge is 0.232 e. The molecule has 0 aliphatic carbocycles. The lowest BCUT2D eigenvalue weighted by atomic mass is 10.4. The molecule has 0 saturated heterocycles. The van der Waals surface area contributed by atoms with E-state index in [0.29, 0.717) is 5.69 Å². The van der Waals surface area contributed by atoms with Crippen molar-refractivity contribution in [3.05, 3.63) is 24.5 Å². The van der Waals surface area contributed by atoms with Crippen LogP contribution in [-0.2, 0) is 21.2 Å². The average Bonchev–Trinajstić information content (AvgIpc) is 2.15. The monoisotopic (exact) mass is 279 g/mol. The number of carbonyl (C=O) groups excluding carboxylic acids is 1. The zero-order valence-corrected chi connectivity index (χ0v) is 10.6. The predicted octanol–water partition coefficient (Wildman–Crippen LogP) is -4.54. The number of pyridine rings is 1. The number of nitrogens with two attached hydrogens (primary N) is 2. The van der Waals surface area contributed by atoms with Gasteiger partial charge in [-0.3, -0.25) is 4.79 Å². The van der Waals surface area contributed by atoms with Gasteiger partial charge in [-0.1, -0.05) is 0 Å². The van der Waals surface area contributed by atoms with Crippen molar-refractivity contribution in [1.82, 2.24) is 0 Å². The first kappa shape index (κ1) is 15.7. The number of amides is 1. The fourth-order valence-corrected chi connectivity index (χ4v) is 2.22. The van der Waals surface area contributed by atoms with Gasteiger partial charge in [-0.2, -0.15) is 0 Å². The average molecular weight is 280 g/mol. The third kappa shape index (κ3) is 6.08. The molecule has 0 aliphatic rings. The maximum Gasteiger partial charge on any atom is 0.232 e. The molecule has 8 heteroatoms. The molecule has 1 aromatic heterocycles. The number of rotatable bonds is 5. The molecule has 1 amide bonds. The van der Waals surface area contributed by atoms with E-state index in [4.69, 9.17) is 11.5 Å². The molecule has 0 radical (unpaired) electrons. The summed E-state index contributed by atoms with van der Waals surface area (Å²) in [6.07, 6.45) is 3.35. The maximum atomic E-state index is 11.3. The Balaban J connectivity index is 0.00000256. The van der Waals surface area contributed by atoms with Crippen LogP contribution in [0.1, 0.15) is 0 Å². The molecule has 4 N–H and O–H groups in total. The summed E-state index contributed by atoms with van der Waals surface area (Å²) in [5, 5.41) is 0. The van der Waals surface area contributed by atoms with E-state index in [1.165, 1.54) is 0 Å². The van der Waals surface area contributed by atoms with Gasteiger partial charge in [0.15, 0.2) is 28.8 Å². The quantitative estimate of drug-likeness (QED) is 0.529. The molecular formula is C9H14ClN3O3S. The van der Waals surface area contributed by atoms with Gasteiger partial charge in [0, 0.05) is 17.8 Å². The second-order valence-electron chi connectivity index (χ2n) is 3.43. The summed E-state index contributed by atoms with van der Waals surface area (Å²) in [5.41, 5.74) is 10.9. The number of hydrogen-bond donors (Lipinski definition) is 2. The zero-order valence-electron chi connectivity index (χ0n) is 9.04. The molecule has 1 heterocycles. The SMILES string of the molecule is NC(=O)CS(=O)(=O)CC[n+]1ccc(N)cc1.[Cl-]. The highest BCUT2D eigenvalue weighted by Gasteiger charge is 2.16. The third-order valence-corrected chi connectivity index (χ3v) is 3.47. The molecule has 0 aliphatic heterocycles. The Morgan fingerprint density at radius 1 is 1.29 bits per heavy atom. The van der Waals surface area contributed by atoms with Gasteiger partial charge in [-0.25, -0.2) is 13.0 Å². The largest absolute Gasteiger partial charge is 1.00 e. The van der Waals surface area contributed by atoms with E-state index in [9.17, 15) is 13.2 Å². The van der Waals surface area contributed by atoms with Gasteiger partial charge in [0.25, 0.3) is 0 Å². The molecule has 0 saturated carbocycles. The Hall–Kier alpha value is -1.34.